The first-order chi connectivity index (χ1) is 8.84. The highest BCUT2D eigenvalue weighted by Crippen LogP contribution is 2.18. The summed E-state index contributed by atoms with van der Waals surface area (Å²) in [5.41, 5.74) is -0.370. The maximum absolute atomic E-state index is 11.6. The first-order valence-corrected chi connectivity index (χ1v) is 7.05. The van der Waals surface area contributed by atoms with Gasteiger partial charge in [-0.1, -0.05) is 25.2 Å². The molecule has 2 amide bonds. The minimum absolute atomic E-state index is 0.230. The van der Waals surface area contributed by atoms with Gasteiger partial charge in [-0.15, -0.1) is 10.2 Å². The second kappa shape index (κ2) is 6.81. The quantitative estimate of drug-likeness (QED) is 0.837. The second-order valence-corrected chi connectivity index (χ2v) is 6.28. The van der Waals surface area contributed by atoms with Gasteiger partial charge in [-0.3, -0.25) is 0 Å². The van der Waals surface area contributed by atoms with Gasteiger partial charge in [0.2, 0.25) is 0 Å². The number of hydrogen-bond acceptors (Lipinski definition) is 5. The summed E-state index contributed by atoms with van der Waals surface area (Å²) in [4.78, 5) is 11.6. The minimum atomic E-state index is -0.370. The van der Waals surface area contributed by atoms with E-state index in [2.05, 4.69) is 34.7 Å². The van der Waals surface area contributed by atoms with Crippen LogP contribution in [0, 0.1) is 0 Å². The van der Waals surface area contributed by atoms with Gasteiger partial charge in [-0.2, -0.15) is 0 Å². The third kappa shape index (κ3) is 5.52. The van der Waals surface area contributed by atoms with E-state index in [9.17, 15) is 4.79 Å². The van der Waals surface area contributed by atoms with E-state index in [4.69, 9.17) is 4.74 Å². The van der Waals surface area contributed by atoms with Gasteiger partial charge in [0.15, 0.2) is 0 Å². The van der Waals surface area contributed by atoms with Crippen LogP contribution in [0.15, 0.2) is 0 Å². The molecule has 7 heteroatoms. The SMILES string of the molecule is COC(C)(C)CNC(=O)NCc1nnc(C(C)C)s1. The Bertz CT molecular complexity index is 418. The Morgan fingerprint density at radius 1 is 1.37 bits per heavy atom. The van der Waals surface area contributed by atoms with Crippen LogP contribution in [-0.2, 0) is 11.3 Å². The van der Waals surface area contributed by atoms with E-state index in [1.165, 1.54) is 11.3 Å². The lowest BCUT2D eigenvalue weighted by atomic mass is 10.1. The number of ether oxygens (including phenoxy) is 1. The summed E-state index contributed by atoms with van der Waals surface area (Å²) in [5.74, 6) is 0.363. The molecule has 1 heterocycles. The monoisotopic (exact) mass is 286 g/mol. The summed E-state index contributed by atoms with van der Waals surface area (Å²) in [6.45, 7) is 8.79. The highest BCUT2D eigenvalue weighted by molar-refractivity contribution is 7.11. The lowest BCUT2D eigenvalue weighted by molar-refractivity contribution is 0.0254. The molecule has 0 aromatic carbocycles. The first kappa shape index (κ1) is 15.8. The van der Waals surface area contributed by atoms with Crippen molar-refractivity contribution >= 4 is 17.4 Å². The third-order valence-electron chi connectivity index (χ3n) is 2.60. The Kier molecular flexibility index (Phi) is 5.68. The van der Waals surface area contributed by atoms with Gasteiger partial charge in [-0.25, -0.2) is 4.79 Å². The Morgan fingerprint density at radius 3 is 2.58 bits per heavy atom. The highest BCUT2D eigenvalue weighted by atomic mass is 32.1. The zero-order chi connectivity index (χ0) is 14.5. The lowest BCUT2D eigenvalue weighted by Crippen LogP contribution is -2.44. The number of aromatic nitrogens is 2. The molecule has 19 heavy (non-hydrogen) atoms. The van der Waals surface area contributed by atoms with E-state index >= 15 is 0 Å². The molecule has 0 saturated heterocycles. The smallest absolute Gasteiger partial charge is 0.315 e. The van der Waals surface area contributed by atoms with Crippen molar-refractivity contribution in [2.75, 3.05) is 13.7 Å². The molecule has 2 N–H and O–H groups in total. The fourth-order valence-corrected chi connectivity index (χ4v) is 1.94. The Hall–Kier alpha value is -1.21. The van der Waals surface area contributed by atoms with Crippen molar-refractivity contribution < 1.29 is 9.53 Å². The molecule has 0 aliphatic heterocycles. The summed E-state index contributed by atoms with van der Waals surface area (Å²) in [5, 5.41) is 15.4. The lowest BCUT2D eigenvalue weighted by Gasteiger charge is -2.23. The van der Waals surface area contributed by atoms with E-state index in [0.29, 0.717) is 19.0 Å². The van der Waals surface area contributed by atoms with E-state index < -0.39 is 0 Å². The van der Waals surface area contributed by atoms with E-state index in [-0.39, 0.29) is 11.6 Å². The van der Waals surface area contributed by atoms with Gasteiger partial charge >= 0.3 is 6.03 Å². The number of carbonyl (C=O) groups is 1. The molecular weight excluding hydrogens is 264 g/mol. The zero-order valence-electron chi connectivity index (χ0n) is 12.1. The maximum Gasteiger partial charge on any atom is 0.315 e. The van der Waals surface area contributed by atoms with Crippen LogP contribution in [0.4, 0.5) is 4.79 Å². The van der Waals surface area contributed by atoms with Gasteiger partial charge in [-0.05, 0) is 13.8 Å². The van der Waals surface area contributed by atoms with E-state index in [1.54, 1.807) is 7.11 Å². The van der Waals surface area contributed by atoms with Crippen LogP contribution in [0.25, 0.3) is 0 Å². The van der Waals surface area contributed by atoms with Crippen LogP contribution in [0.2, 0.25) is 0 Å². The predicted molar refractivity (Wildman–Crippen MR) is 75.3 cm³/mol. The van der Waals surface area contributed by atoms with Gasteiger partial charge < -0.3 is 15.4 Å². The minimum Gasteiger partial charge on any atom is -0.377 e. The number of rotatable bonds is 6. The number of amides is 2. The molecule has 108 valence electrons. The molecule has 0 spiro atoms. The fourth-order valence-electron chi connectivity index (χ4n) is 1.16. The molecule has 1 rings (SSSR count). The summed E-state index contributed by atoms with van der Waals surface area (Å²) in [6.07, 6.45) is 0. The highest BCUT2D eigenvalue weighted by Gasteiger charge is 2.17. The first-order valence-electron chi connectivity index (χ1n) is 6.23. The molecule has 1 aromatic heterocycles. The molecule has 0 bridgehead atoms. The van der Waals surface area contributed by atoms with Gasteiger partial charge in [0.05, 0.1) is 12.1 Å². The molecule has 0 aliphatic carbocycles. The van der Waals surface area contributed by atoms with Gasteiger partial charge in [0, 0.05) is 19.6 Å². The summed E-state index contributed by atoms with van der Waals surface area (Å²) < 4.78 is 5.22. The van der Waals surface area contributed by atoms with Crippen molar-refractivity contribution in [2.24, 2.45) is 0 Å². The average Bonchev–Trinajstić information content (AvgIpc) is 2.83. The Morgan fingerprint density at radius 2 is 2.05 bits per heavy atom. The predicted octanol–water partition coefficient (Wildman–Crippen LogP) is 1.89. The van der Waals surface area contributed by atoms with Crippen LogP contribution in [0.1, 0.15) is 43.6 Å². The molecule has 0 saturated carbocycles. The van der Waals surface area contributed by atoms with Crippen molar-refractivity contribution in [3.05, 3.63) is 10.0 Å². The standard InChI is InChI=1S/C12H22N4O2S/c1-8(2)10-16-15-9(19-10)6-13-11(17)14-7-12(3,4)18-5/h8H,6-7H2,1-5H3,(H2,13,14,17). The number of urea groups is 1. The van der Waals surface area contributed by atoms with Crippen LogP contribution in [-0.4, -0.2) is 35.5 Å². The number of nitrogens with zero attached hydrogens (tertiary/aromatic N) is 2. The topological polar surface area (TPSA) is 76.1 Å². The van der Waals surface area contributed by atoms with Crippen molar-refractivity contribution in [2.45, 2.75) is 45.8 Å². The number of nitrogens with one attached hydrogen (secondary N) is 2. The molecule has 0 unspecified atom stereocenters. The normalized spacial score (nSPS) is 11.7. The molecule has 6 nitrogen and oxygen atoms in total. The van der Waals surface area contributed by atoms with Crippen LogP contribution in [0.5, 0.6) is 0 Å². The molecule has 0 aliphatic rings. The summed E-state index contributed by atoms with van der Waals surface area (Å²) >= 11 is 1.52. The van der Waals surface area contributed by atoms with Gasteiger partial charge in [0.25, 0.3) is 0 Å². The van der Waals surface area contributed by atoms with E-state index in [1.807, 2.05) is 13.8 Å². The van der Waals surface area contributed by atoms with Crippen molar-refractivity contribution in [1.29, 1.82) is 0 Å². The maximum atomic E-state index is 11.6. The summed E-state index contributed by atoms with van der Waals surface area (Å²) in [6, 6.07) is -0.230. The van der Waals surface area contributed by atoms with Crippen LogP contribution >= 0.6 is 11.3 Å². The molecular formula is C12H22N4O2S. The average molecular weight is 286 g/mol. The van der Waals surface area contributed by atoms with Crippen molar-refractivity contribution in [1.82, 2.24) is 20.8 Å². The summed E-state index contributed by atoms with van der Waals surface area (Å²) in [7, 11) is 1.62. The fraction of sp³-hybridized carbons (Fsp3) is 0.750. The molecule has 0 fully saturated rings. The second-order valence-electron chi connectivity index (χ2n) is 5.19. The molecule has 0 atom stereocenters. The van der Waals surface area contributed by atoms with Gasteiger partial charge in [0.1, 0.15) is 10.0 Å². The third-order valence-corrected chi connectivity index (χ3v) is 3.83. The zero-order valence-corrected chi connectivity index (χ0v) is 12.9. The largest absolute Gasteiger partial charge is 0.377 e. The van der Waals surface area contributed by atoms with E-state index in [0.717, 1.165) is 10.0 Å². The van der Waals surface area contributed by atoms with Crippen LogP contribution in [0.3, 0.4) is 0 Å². The molecule has 0 radical (unpaired) electrons. The number of hydrogen-bond donors (Lipinski definition) is 2. The van der Waals surface area contributed by atoms with Crippen molar-refractivity contribution in [3.63, 3.8) is 0 Å². The number of methoxy groups -OCH3 is 1. The Labute approximate surface area is 118 Å². The van der Waals surface area contributed by atoms with Crippen LogP contribution < -0.4 is 10.6 Å². The Balaban J connectivity index is 2.33. The molecule has 1 aromatic rings. The number of carbonyl (C=O) groups excluding carboxylic acids is 1. The van der Waals surface area contributed by atoms with Crippen molar-refractivity contribution in [3.8, 4) is 0 Å².